The van der Waals surface area contributed by atoms with E-state index in [0.29, 0.717) is 56.8 Å². The van der Waals surface area contributed by atoms with Crippen LogP contribution >= 0.6 is 0 Å². The second-order valence-corrected chi connectivity index (χ2v) is 39.7. The quantitative estimate of drug-likeness (QED) is 0.0263. The van der Waals surface area contributed by atoms with Gasteiger partial charge in [-0.3, -0.25) is 57.7 Å². The monoisotopic (exact) mass is 1770 g/mol. The number of aliphatic carboxylic acids is 3. The highest BCUT2D eigenvalue weighted by molar-refractivity contribution is 6.05. The predicted octanol–water partition coefficient (Wildman–Crippen LogP) is 24.2. The van der Waals surface area contributed by atoms with Gasteiger partial charge in [-0.25, -0.2) is 0 Å². The Morgan fingerprint density at radius 2 is 0.595 bits per heavy atom. The molecule has 4 amide bonds. The number of carboxylic acids is 3. The van der Waals surface area contributed by atoms with Gasteiger partial charge in [0.15, 0.2) is 0 Å². The van der Waals surface area contributed by atoms with Crippen molar-refractivity contribution in [3.05, 3.63) is 108 Å². The lowest BCUT2D eigenvalue weighted by molar-refractivity contribution is -0.178. The van der Waals surface area contributed by atoms with Gasteiger partial charge in [-0.2, -0.15) is 0 Å². The van der Waals surface area contributed by atoms with Crippen LogP contribution in [0.4, 0.5) is 0 Å². The molecule has 720 valence electrons. The summed E-state index contributed by atoms with van der Waals surface area (Å²) in [6.07, 6.45) is 21.5. The first-order valence-electron chi connectivity index (χ1n) is 47.6. The number of imide groups is 2. The molecule has 7 aliphatic rings. The van der Waals surface area contributed by atoms with E-state index < -0.39 is 34.2 Å². The van der Waals surface area contributed by atoms with Crippen molar-refractivity contribution in [3.63, 3.8) is 0 Å². The van der Waals surface area contributed by atoms with Crippen molar-refractivity contribution in [3.8, 4) is 0 Å². The molecule has 0 radical (unpaired) electrons. The molecule has 5 heterocycles. The minimum absolute atomic E-state index is 0.0550. The van der Waals surface area contributed by atoms with Crippen LogP contribution in [-0.2, 0) is 76.4 Å². The molecule has 2 aliphatic carbocycles. The summed E-state index contributed by atoms with van der Waals surface area (Å²) in [6, 6.07) is 32.3. The molecule has 0 aromatic heterocycles. The third-order valence-electron chi connectivity index (χ3n) is 27.5. The lowest BCUT2D eigenvalue weighted by atomic mass is 9.84. The zero-order chi connectivity index (χ0) is 96.8. The first-order valence-corrected chi connectivity index (χ1v) is 47.6. The number of rotatable bonds is 28. The van der Waals surface area contributed by atoms with E-state index in [0.717, 1.165) is 117 Å². The molecule has 126 heavy (non-hydrogen) atoms. The van der Waals surface area contributed by atoms with E-state index in [-0.39, 0.29) is 110 Å². The van der Waals surface area contributed by atoms with Crippen molar-refractivity contribution in [1.29, 1.82) is 0 Å². The van der Waals surface area contributed by atoms with Gasteiger partial charge in [0.1, 0.15) is 25.9 Å². The number of amides is 4. The van der Waals surface area contributed by atoms with E-state index in [1.165, 1.54) is 48.8 Å². The summed E-state index contributed by atoms with van der Waals surface area (Å²) in [7, 11) is 0. The van der Waals surface area contributed by atoms with Crippen molar-refractivity contribution in [2.24, 2.45) is 67.0 Å². The lowest BCUT2D eigenvalue weighted by Gasteiger charge is -2.40. The van der Waals surface area contributed by atoms with Crippen LogP contribution in [0.25, 0.3) is 0 Å². The molecule has 2 saturated carbocycles. The van der Waals surface area contributed by atoms with E-state index in [2.05, 4.69) is 146 Å². The van der Waals surface area contributed by atoms with Gasteiger partial charge in [0.2, 0.25) is 23.6 Å². The number of esters is 3. The molecule has 8 unspecified atom stereocenters. The smallest absolute Gasteiger partial charge is 0.311 e. The summed E-state index contributed by atoms with van der Waals surface area (Å²) in [5.41, 5.74) is 1.84. The molecule has 5 saturated heterocycles. The van der Waals surface area contributed by atoms with Crippen LogP contribution in [0.5, 0.6) is 0 Å². The fourth-order valence-corrected chi connectivity index (χ4v) is 12.2. The average molecular weight is 1770 g/mol. The molecule has 8 atom stereocenters. The number of likely N-dealkylation sites (tertiary alicyclic amines) is 2. The number of benzene rings is 3. The third-order valence-corrected chi connectivity index (χ3v) is 27.5. The van der Waals surface area contributed by atoms with Crippen LogP contribution in [-0.4, -0.2) is 156 Å². The Bertz CT molecular complexity index is 3290. The maximum Gasteiger partial charge on any atom is 0.311 e. The fraction of sp³-hybridized carbons (Fsp3) is 0.733. The number of hydrogen-bond acceptors (Lipinski definition) is 16. The van der Waals surface area contributed by atoms with Crippen molar-refractivity contribution in [2.75, 3.05) is 52.9 Å². The fourth-order valence-electron chi connectivity index (χ4n) is 12.2. The zero-order valence-electron chi connectivity index (χ0n) is 84.2. The van der Waals surface area contributed by atoms with E-state index in [9.17, 15) is 47.9 Å². The van der Waals surface area contributed by atoms with Crippen LogP contribution in [0.15, 0.2) is 91.0 Å². The van der Waals surface area contributed by atoms with Crippen molar-refractivity contribution in [2.45, 2.75) is 378 Å². The standard InChI is InChI=1S/2C12H19NO2.2C12H22O3.3C10H14.C9H16O3.3C6H12O2/c2*1-8-9(2)12(15)13(11(8)14)10-6-4-3-5-7-10;2*1-5-11(3,4)10(13)15-9-12(6-2)7-14-8-12;3*1-3-9(2)10-7-5-4-6-8-10;1-4-9(2,3)8(10)12-6-7-5-11-7;3*1-4-6(2,3)5(7)8/h2*8-10H,3-7H2,1-2H3;2*5-9H2,1-4H3;3*4-9H,3H2,1-2H3;7H,4-6H2,1-3H3;3*4H2,1-3H3,(H,7,8). The third kappa shape index (κ3) is 41.2. The number of ether oxygens (including phenoxy) is 6. The van der Waals surface area contributed by atoms with E-state index in [4.69, 9.17) is 43.7 Å². The molecule has 10 rings (SSSR count). The number of carboxylic acid groups (broad SMARTS) is 3. The summed E-state index contributed by atoms with van der Waals surface area (Å²) in [6.45, 7) is 63.6. The van der Waals surface area contributed by atoms with Gasteiger partial charge in [-0.15, -0.1) is 0 Å². The lowest BCUT2D eigenvalue weighted by Crippen LogP contribution is -2.47. The summed E-state index contributed by atoms with van der Waals surface area (Å²) in [4.78, 5) is 116. The van der Waals surface area contributed by atoms with Crippen LogP contribution in [0.1, 0.15) is 377 Å². The summed E-state index contributed by atoms with van der Waals surface area (Å²) in [5.74, 6) is -0.575. The molecule has 3 aromatic carbocycles. The summed E-state index contributed by atoms with van der Waals surface area (Å²) >= 11 is 0. The topological polar surface area (TPSA) is 297 Å². The number of nitrogens with zero attached hydrogens (tertiary/aromatic N) is 2. The van der Waals surface area contributed by atoms with Crippen LogP contribution in [0.2, 0.25) is 0 Å². The molecular weight excluding hydrogens is 1590 g/mol. The Morgan fingerprint density at radius 1 is 0.373 bits per heavy atom. The minimum Gasteiger partial charge on any atom is -0.481 e. The minimum atomic E-state index is -0.722. The van der Waals surface area contributed by atoms with Gasteiger partial charge in [-0.1, -0.05) is 254 Å². The van der Waals surface area contributed by atoms with Gasteiger partial charge in [-0.05, 0) is 214 Å². The maximum absolute atomic E-state index is 11.9. The molecular formula is C105H176N2O19. The zero-order valence-corrected chi connectivity index (χ0v) is 84.2. The van der Waals surface area contributed by atoms with Crippen LogP contribution in [0, 0.1) is 67.0 Å². The normalized spacial score (nSPS) is 20.1. The molecule has 21 nitrogen and oxygen atoms in total. The second-order valence-electron chi connectivity index (χ2n) is 39.7. The first kappa shape index (κ1) is 119. The predicted molar refractivity (Wildman–Crippen MR) is 507 cm³/mol. The van der Waals surface area contributed by atoms with E-state index in [1.807, 2.05) is 111 Å². The maximum atomic E-state index is 11.9. The molecule has 7 fully saturated rings. The Balaban J connectivity index is 0.00000138. The molecule has 3 aromatic rings. The van der Waals surface area contributed by atoms with E-state index in [1.54, 1.807) is 51.3 Å². The largest absolute Gasteiger partial charge is 0.481 e. The molecule has 3 N–H and O–H groups in total. The molecule has 5 aliphatic heterocycles. The average Bonchev–Trinajstić information content (AvgIpc) is 1.63. The first-order chi connectivity index (χ1) is 58.8. The van der Waals surface area contributed by atoms with Crippen LogP contribution < -0.4 is 0 Å². The SMILES string of the molecule is CC1C(=O)N(C2CCCCC2)C(=O)C1C.CC1C(=O)N(C2CCCCC2)C(=O)C1C.CCC(C)(C)C(=O)O.CCC(C)(C)C(=O)O.CCC(C)(C)C(=O)O.CCC(C)(C)C(=O)OCC1CO1.CCC(C)c1ccccc1.CCC(C)c1ccccc1.CCC(C)c1ccccc1.CCC1(COC(=O)C(C)(C)CC)COC1.CCC1(COC(=O)C(C)(C)CC)COC1. The Morgan fingerprint density at radius 3 is 0.762 bits per heavy atom. The summed E-state index contributed by atoms with van der Waals surface area (Å²) < 4.78 is 31.1. The van der Waals surface area contributed by atoms with Gasteiger partial charge < -0.3 is 43.7 Å². The number of carbonyl (C=O) groups is 10. The number of hydrogen-bond donors (Lipinski definition) is 3. The Kier molecular flexibility index (Phi) is 54.9. The molecule has 21 heteroatoms. The molecule has 0 bridgehead atoms. The highest BCUT2D eigenvalue weighted by Crippen LogP contribution is 2.38. The summed E-state index contributed by atoms with van der Waals surface area (Å²) in [5, 5.41) is 25.3. The highest BCUT2D eigenvalue weighted by Gasteiger charge is 2.48. The van der Waals surface area contributed by atoms with Crippen LogP contribution in [0.3, 0.4) is 0 Å². The number of epoxide rings is 1. The van der Waals surface area contributed by atoms with Crippen molar-refractivity contribution < 1.29 is 91.7 Å². The number of carbonyl (C=O) groups excluding carboxylic acids is 7. The van der Waals surface area contributed by atoms with Crippen molar-refractivity contribution >= 4 is 59.4 Å². The van der Waals surface area contributed by atoms with Gasteiger partial charge >= 0.3 is 35.8 Å². The van der Waals surface area contributed by atoms with Crippen molar-refractivity contribution in [1.82, 2.24) is 9.80 Å². The Labute approximate surface area is 763 Å². The van der Waals surface area contributed by atoms with Gasteiger partial charge in [0, 0.05) is 35.8 Å². The van der Waals surface area contributed by atoms with Gasteiger partial charge in [0.05, 0.1) is 76.4 Å². The van der Waals surface area contributed by atoms with Gasteiger partial charge in [0.25, 0.3) is 0 Å². The second kappa shape index (κ2) is 58.3. The highest BCUT2D eigenvalue weighted by atomic mass is 16.6. The Hall–Kier alpha value is -7.36. The molecule has 0 spiro atoms. The van der Waals surface area contributed by atoms with E-state index >= 15 is 0 Å².